The number of aryl methyl sites for hydroxylation is 1. The average Bonchev–Trinajstić information content (AvgIpc) is 2.27. The number of amides is 1. The number of nitrogens with one attached hydrogen (secondary N) is 2. The molecule has 3 heteroatoms. The molecule has 0 saturated carbocycles. The zero-order valence-electron chi connectivity index (χ0n) is 11.0. The van der Waals surface area contributed by atoms with Crippen molar-refractivity contribution in [1.29, 1.82) is 0 Å². The summed E-state index contributed by atoms with van der Waals surface area (Å²) in [5, 5.41) is 6.20. The van der Waals surface area contributed by atoms with E-state index in [9.17, 15) is 4.79 Å². The lowest BCUT2D eigenvalue weighted by Crippen LogP contribution is -2.08. The number of hydrogen-bond donors (Lipinski definition) is 2. The number of unbranched alkanes of at least 4 members (excludes halogenated alkanes) is 2. The first-order valence-corrected chi connectivity index (χ1v) is 6.25. The van der Waals surface area contributed by atoms with Crippen LogP contribution in [0.1, 0.15) is 38.7 Å². The zero-order chi connectivity index (χ0) is 12.7. The molecule has 2 N–H and O–H groups in total. The number of carbonyl (C=O) groups is 1. The molecule has 1 rings (SSSR count). The molecule has 0 spiro atoms. The number of anilines is 2. The van der Waals surface area contributed by atoms with E-state index in [4.69, 9.17) is 0 Å². The van der Waals surface area contributed by atoms with Gasteiger partial charge in [-0.1, -0.05) is 19.8 Å². The van der Waals surface area contributed by atoms with Gasteiger partial charge in [-0.3, -0.25) is 4.79 Å². The van der Waals surface area contributed by atoms with Crippen LogP contribution in [-0.4, -0.2) is 12.5 Å². The lowest BCUT2D eigenvalue weighted by Gasteiger charge is -2.10. The third-order valence-electron chi connectivity index (χ3n) is 2.65. The van der Waals surface area contributed by atoms with E-state index in [1.165, 1.54) is 26.2 Å². The van der Waals surface area contributed by atoms with Crippen LogP contribution >= 0.6 is 0 Å². The van der Waals surface area contributed by atoms with Crippen LogP contribution in [0.4, 0.5) is 11.4 Å². The molecule has 1 amide bonds. The zero-order valence-corrected chi connectivity index (χ0v) is 11.0. The quantitative estimate of drug-likeness (QED) is 0.739. The topological polar surface area (TPSA) is 41.1 Å². The van der Waals surface area contributed by atoms with Gasteiger partial charge in [0.25, 0.3) is 0 Å². The maximum atomic E-state index is 11.0. The fourth-order valence-electron chi connectivity index (χ4n) is 1.71. The first-order valence-electron chi connectivity index (χ1n) is 6.25. The van der Waals surface area contributed by atoms with E-state index in [1.54, 1.807) is 0 Å². The SMILES string of the molecule is CCCCCNc1ccc(NC(C)=O)c(C)c1. The number of rotatable bonds is 6. The summed E-state index contributed by atoms with van der Waals surface area (Å²) >= 11 is 0. The van der Waals surface area contributed by atoms with Crippen LogP contribution in [0.3, 0.4) is 0 Å². The predicted octanol–water partition coefficient (Wildman–Crippen LogP) is 3.56. The van der Waals surface area contributed by atoms with E-state index in [0.29, 0.717) is 0 Å². The van der Waals surface area contributed by atoms with E-state index in [0.717, 1.165) is 23.5 Å². The van der Waals surface area contributed by atoms with Crippen LogP contribution in [0.15, 0.2) is 18.2 Å². The van der Waals surface area contributed by atoms with Crippen molar-refractivity contribution in [1.82, 2.24) is 0 Å². The molecule has 0 radical (unpaired) electrons. The molecule has 0 fully saturated rings. The first-order chi connectivity index (χ1) is 8.13. The summed E-state index contributed by atoms with van der Waals surface area (Å²) in [4.78, 5) is 11.0. The molecular formula is C14H22N2O. The second kappa shape index (κ2) is 6.94. The predicted molar refractivity (Wildman–Crippen MR) is 73.5 cm³/mol. The Bertz CT molecular complexity index is 374. The molecule has 0 aromatic heterocycles. The van der Waals surface area contributed by atoms with Gasteiger partial charge in [0.15, 0.2) is 0 Å². The molecule has 0 unspecified atom stereocenters. The normalized spacial score (nSPS) is 10.1. The largest absolute Gasteiger partial charge is 0.385 e. The van der Waals surface area contributed by atoms with E-state index in [-0.39, 0.29) is 5.91 Å². The first kappa shape index (κ1) is 13.6. The van der Waals surface area contributed by atoms with Gasteiger partial charge in [0.2, 0.25) is 5.91 Å². The Kier molecular flexibility index (Phi) is 5.53. The van der Waals surface area contributed by atoms with Crippen LogP contribution in [0.2, 0.25) is 0 Å². The van der Waals surface area contributed by atoms with Gasteiger partial charge in [-0.15, -0.1) is 0 Å². The molecular weight excluding hydrogens is 212 g/mol. The lowest BCUT2D eigenvalue weighted by molar-refractivity contribution is -0.114. The van der Waals surface area contributed by atoms with Gasteiger partial charge < -0.3 is 10.6 Å². The minimum atomic E-state index is -0.0308. The van der Waals surface area contributed by atoms with Crippen molar-refractivity contribution in [2.24, 2.45) is 0 Å². The standard InChI is InChI=1S/C14H22N2O/c1-4-5-6-9-15-13-7-8-14(11(2)10-13)16-12(3)17/h7-8,10,15H,4-6,9H2,1-3H3,(H,16,17). The van der Waals surface area contributed by atoms with E-state index in [2.05, 4.69) is 23.6 Å². The summed E-state index contributed by atoms with van der Waals surface area (Å²) in [6.07, 6.45) is 3.70. The number of carbonyl (C=O) groups excluding carboxylic acids is 1. The van der Waals surface area contributed by atoms with Gasteiger partial charge in [0, 0.05) is 24.8 Å². The average molecular weight is 234 g/mol. The molecule has 0 saturated heterocycles. The highest BCUT2D eigenvalue weighted by molar-refractivity contribution is 5.89. The Balaban J connectivity index is 2.53. The Morgan fingerprint density at radius 3 is 2.65 bits per heavy atom. The Morgan fingerprint density at radius 1 is 1.29 bits per heavy atom. The Labute approximate surface area is 104 Å². The van der Waals surface area contributed by atoms with Gasteiger partial charge in [-0.25, -0.2) is 0 Å². The van der Waals surface area contributed by atoms with Crippen LogP contribution in [-0.2, 0) is 4.79 Å². The van der Waals surface area contributed by atoms with E-state index < -0.39 is 0 Å². The molecule has 17 heavy (non-hydrogen) atoms. The highest BCUT2D eigenvalue weighted by Crippen LogP contribution is 2.19. The van der Waals surface area contributed by atoms with Crippen molar-refractivity contribution in [3.63, 3.8) is 0 Å². The van der Waals surface area contributed by atoms with E-state index in [1.807, 2.05) is 19.1 Å². The van der Waals surface area contributed by atoms with Crippen molar-refractivity contribution in [2.75, 3.05) is 17.2 Å². The Morgan fingerprint density at radius 2 is 2.06 bits per heavy atom. The van der Waals surface area contributed by atoms with Gasteiger partial charge in [-0.2, -0.15) is 0 Å². The van der Waals surface area contributed by atoms with Crippen LogP contribution in [0, 0.1) is 6.92 Å². The fraction of sp³-hybridized carbons (Fsp3) is 0.500. The smallest absolute Gasteiger partial charge is 0.221 e. The van der Waals surface area contributed by atoms with Crippen LogP contribution in [0.25, 0.3) is 0 Å². The van der Waals surface area contributed by atoms with Gasteiger partial charge in [-0.05, 0) is 37.1 Å². The van der Waals surface area contributed by atoms with Crippen molar-refractivity contribution in [3.05, 3.63) is 23.8 Å². The number of benzene rings is 1. The molecule has 0 bridgehead atoms. The minimum absolute atomic E-state index is 0.0308. The second-order valence-corrected chi connectivity index (χ2v) is 4.34. The molecule has 0 atom stereocenters. The van der Waals surface area contributed by atoms with E-state index >= 15 is 0 Å². The fourth-order valence-corrected chi connectivity index (χ4v) is 1.71. The van der Waals surface area contributed by atoms with Crippen molar-refractivity contribution >= 4 is 17.3 Å². The maximum absolute atomic E-state index is 11.0. The molecule has 0 aliphatic carbocycles. The molecule has 94 valence electrons. The highest BCUT2D eigenvalue weighted by Gasteiger charge is 2.01. The molecule has 0 aliphatic heterocycles. The van der Waals surface area contributed by atoms with Gasteiger partial charge in [0.1, 0.15) is 0 Å². The molecule has 0 heterocycles. The third-order valence-corrected chi connectivity index (χ3v) is 2.65. The Hall–Kier alpha value is -1.51. The highest BCUT2D eigenvalue weighted by atomic mass is 16.1. The summed E-state index contributed by atoms with van der Waals surface area (Å²) in [5.41, 5.74) is 3.09. The lowest BCUT2D eigenvalue weighted by atomic mass is 10.1. The summed E-state index contributed by atoms with van der Waals surface area (Å²) in [6.45, 7) is 6.73. The number of hydrogen-bond acceptors (Lipinski definition) is 2. The molecule has 3 nitrogen and oxygen atoms in total. The van der Waals surface area contributed by atoms with Crippen molar-refractivity contribution < 1.29 is 4.79 Å². The third kappa shape index (κ3) is 4.89. The second-order valence-electron chi connectivity index (χ2n) is 4.34. The van der Waals surface area contributed by atoms with Crippen molar-refractivity contribution in [2.45, 2.75) is 40.0 Å². The van der Waals surface area contributed by atoms with Gasteiger partial charge in [0.05, 0.1) is 0 Å². The maximum Gasteiger partial charge on any atom is 0.221 e. The summed E-state index contributed by atoms with van der Waals surface area (Å²) in [7, 11) is 0. The summed E-state index contributed by atoms with van der Waals surface area (Å²) in [5.74, 6) is -0.0308. The van der Waals surface area contributed by atoms with Crippen LogP contribution < -0.4 is 10.6 Å². The molecule has 1 aromatic rings. The van der Waals surface area contributed by atoms with Crippen molar-refractivity contribution in [3.8, 4) is 0 Å². The minimum Gasteiger partial charge on any atom is -0.385 e. The monoisotopic (exact) mass is 234 g/mol. The van der Waals surface area contributed by atoms with Crippen LogP contribution in [0.5, 0.6) is 0 Å². The molecule has 0 aliphatic rings. The molecule has 1 aromatic carbocycles. The summed E-state index contributed by atoms with van der Waals surface area (Å²) < 4.78 is 0. The summed E-state index contributed by atoms with van der Waals surface area (Å²) in [6, 6.07) is 6.01. The van der Waals surface area contributed by atoms with Gasteiger partial charge >= 0.3 is 0 Å².